The molecule has 0 bridgehead atoms. The fraction of sp³-hybridized carbons (Fsp3) is 0.167. The van der Waals surface area contributed by atoms with Crippen LogP contribution in [-0.4, -0.2) is 19.3 Å². The smallest absolute Gasteiger partial charge is 0.302 e. The molecule has 0 amide bonds. The number of hydrogen-bond donors (Lipinski definition) is 1. The zero-order valence-corrected chi connectivity index (χ0v) is 15.0. The van der Waals surface area contributed by atoms with E-state index in [1.165, 1.54) is 16.9 Å². The Morgan fingerprint density at radius 1 is 1.04 bits per heavy atom. The standard InChI is InChI=1S/C18H16N4OS2/c23-18-22(14-8-4-5-9-15(14)25-18)12-16-19-20-17(24)21(16)11-10-13-6-2-1-3-7-13/h1-9H,10-12H2,(H,20,24). The molecule has 126 valence electrons. The summed E-state index contributed by atoms with van der Waals surface area (Å²) in [6.07, 6.45) is 0.862. The average Bonchev–Trinajstić information content (AvgIpc) is 3.14. The summed E-state index contributed by atoms with van der Waals surface area (Å²) in [5.41, 5.74) is 2.18. The lowest BCUT2D eigenvalue weighted by Crippen LogP contribution is -2.17. The number of aryl methyl sites for hydroxylation is 1. The van der Waals surface area contributed by atoms with Gasteiger partial charge in [0.05, 0.1) is 16.8 Å². The molecule has 5 nitrogen and oxygen atoms in total. The van der Waals surface area contributed by atoms with Gasteiger partial charge in [0.15, 0.2) is 10.6 Å². The van der Waals surface area contributed by atoms with Crippen LogP contribution in [0.4, 0.5) is 0 Å². The molecule has 0 fully saturated rings. The number of rotatable bonds is 5. The summed E-state index contributed by atoms with van der Waals surface area (Å²) >= 11 is 6.63. The van der Waals surface area contributed by atoms with E-state index in [1.54, 1.807) is 4.57 Å². The summed E-state index contributed by atoms with van der Waals surface area (Å²) in [6, 6.07) is 18.1. The van der Waals surface area contributed by atoms with Gasteiger partial charge in [-0.15, -0.1) is 0 Å². The third kappa shape index (κ3) is 3.20. The van der Waals surface area contributed by atoms with Crippen molar-refractivity contribution >= 4 is 33.8 Å². The molecule has 4 aromatic rings. The predicted molar refractivity (Wildman–Crippen MR) is 103 cm³/mol. The van der Waals surface area contributed by atoms with Gasteiger partial charge in [-0.05, 0) is 36.3 Å². The van der Waals surface area contributed by atoms with Gasteiger partial charge in [0.1, 0.15) is 0 Å². The Bertz CT molecular complexity index is 1120. The minimum absolute atomic E-state index is 0.0183. The van der Waals surface area contributed by atoms with Gasteiger partial charge in [0, 0.05) is 6.54 Å². The van der Waals surface area contributed by atoms with Crippen LogP contribution in [0.5, 0.6) is 0 Å². The van der Waals surface area contributed by atoms with E-state index in [0.717, 1.165) is 29.0 Å². The molecule has 0 saturated heterocycles. The maximum Gasteiger partial charge on any atom is 0.308 e. The highest BCUT2D eigenvalue weighted by atomic mass is 32.1. The molecule has 0 spiro atoms. The van der Waals surface area contributed by atoms with E-state index < -0.39 is 0 Å². The lowest BCUT2D eigenvalue weighted by molar-refractivity contribution is 0.619. The van der Waals surface area contributed by atoms with Gasteiger partial charge in [-0.2, -0.15) is 5.10 Å². The number of para-hydroxylation sites is 1. The van der Waals surface area contributed by atoms with Gasteiger partial charge in [0.25, 0.3) is 0 Å². The highest BCUT2D eigenvalue weighted by Crippen LogP contribution is 2.17. The van der Waals surface area contributed by atoms with Gasteiger partial charge in [-0.1, -0.05) is 53.8 Å². The number of nitrogens with zero attached hydrogens (tertiary/aromatic N) is 3. The molecular formula is C18H16N4OS2. The van der Waals surface area contributed by atoms with Crippen molar-refractivity contribution in [3.8, 4) is 0 Å². The van der Waals surface area contributed by atoms with Crippen molar-refractivity contribution in [2.45, 2.75) is 19.5 Å². The number of benzene rings is 2. The van der Waals surface area contributed by atoms with Crippen LogP contribution in [0.2, 0.25) is 0 Å². The van der Waals surface area contributed by atoms with Crippen LogP contribution in [0, 0.1) is 4.77 Å². The minimum atomic E-state index is 0.0183. The molecule has 0 aliphatic heterocycles. The highest BCUT2D eigenvalue weighted by Gasteiger charge is 2.12. The van der Waals surface area contributed by atoms with Crippen molar-refractivity contribution in [2.24, 2.45) is 0 Å². The fourth-order valence-corrected chi connectivity index (χ4v) is 4.03. The normalized spacial score (nSPS) is 11.2. The van der Waals surface area contributed by atoms with Crippen LogP contribution in [0.25, 0.3) is 10.2 Å². The molecule has 0 aliphatic carbocycles. The Labute approximate surface area is 153 Å². The molecule has 7 heteroatoms. The largest absolute Gasteiger partial charge is 0.308 e. The molecule has 0 aliphatic rings. The van der Waals surface area contributed by atoms with Gasteiger partial charge >= 0.3 is 4.87 Å². The predicted octanol–water partition coefficient (Wildman–Crippen LogP) is 3.61. The van der Waals surface area contributed by atoms with Crippen molar-refractivity contribution in [1.82, 2.24) is 19.3 Å². The Morgan fingerprint density at radius 2 is 1.80 bits per heavy atom. The molecule has 4 rings (SSSR count). The van der Waals surface area contributed by atoms with E-state index in [0.29, 0.717) is 11.3 Å². The first-order valence-electron chi connectivity index (χ1n) is 7.99. The molecule has 0 atom stereocenters. The Morgan fingerprint density at radius 3 is 2.64 bits per heavy atom. The maximum absolute atomic E-state index is 12.3. The minimum Gasteiger partial charge on any atom is -0.302 e. The van der Waals surface area contributed by atoms with E-state index in [-0.39, 0.29) is 4.87 Å². The highest BCUT2D eigenvalue weighted by molar-refractivity contribution is 7.71. The number of hydrogen-bond acceptors (Lipinski definition) is 4. The number of aromatic amines is 1. The quantitative estimate of drug-likeness (QED) is 0.548. The number of fused-ring (bicyclic) bond motifs is 1. The molecule has 25 heavy (non-hydrogen) atoms. The topological polar surface area (TPSA) is 55.6 Å². The van der Waals surface area contributed by atoms with Crippen LogP contribution in [-0.2, 0) is 19.5 Å². The summed E-state index contributed by atoms with van der Waals surface area (Å²) in [6.45, 7) is 1.14. The third-order valence-corrected chi connectivity index (χ3v) is 5.45. The molecule has 2 heterocycles. The van der Waals surface area contributed by atoms with Gasteiger partial charge < -0.3 is 4.57 Å². The van der Waals surface area contributed by atoms with E-state index in [9.17, 15) is 4.79 Å². The van der Waals surface area contributed by atoms with Crippen LogP contribution in [0.3, 0.4) is 0 Å². The Balaban J connectivity index is 1.64. The van der Waals surface area contributed by atoms with Gasteiger partial charge in [0.2, 0.25) is 0 Å². The summed E-state index contributed by atoms with van der Waals surface area (Å²) < 4.78 is 5.29. The van der Waals surface area contributed by atoms with Crippen molar-refractivity contribution < 1.29 is 0 Å². The first-order valence-corrected chi connectivity index (χ1v) is 9.21. The third-order valence-electron chi connectivity index (χ3n) is 4.18. The number of H-pyrrole nitrogens is 1. The molecule has 2 aromatic heterocycles. The van der Waals surface area contributed by atoms with E-state index in [1.807, 2.05) is 47.0 Å². The summed E-state index contributed by atoms with van der Waals surface area (Å²) in [5, 5.41) is 7.20. The zero-order valence-electron chi connectivity index (χ0n) is 13.4. The molecule has 0 radical (unpaired) electrons. The zero-order chi connectivity index (χ0) is 17.2. The number of aromatic nitrogens is 4. The second-order valence-electron chi connectivity index (χ2n) is 5.75. The van der Waals surface area contributed by atoms with Crippen molar-refractivity contribution in [3.05, 3.63) is 80.4 Å². The number of nitrogens with one attached hydrogen (secondary N) is 1. The lowest BCUT2D eigenvalue weighted by Gasteiger charge is -2.08. The summed E-state index contributed by atoms with van der Waals surface area (Å²) in [4.78, 5) is 12.4. The van der Waals surface area contributed by atoms with Crippen molar-refractivity contribution in [3.63, 3.8) is 0 Å². The van der Waals surface area contributed by atoms with Gasteiger partial charge in [-0.25, -0.2) is 0 Å². The lowest BCUT2D eigenvalue weighted by atomic mass is 10.1. The SMILES string of the molecule is O=c1sc2ccccc2n1Cc1n[nH]c(=S)n1CCc1ccccc1. The second kappa shape index (κ2) is 6.78. The fourth-order valence-electron chi connectivity index (χ4n) is 2.89. The molecule has 0 unspecified atom stereocenters. The molecular weight excluding hydrogens is 352 g/mol. The van der Waals surface area contributed by atoms with Crippen LogP contribution >= 0.6 is 23.6 Å². The molecule has 1 N–H and O–H groups in total. The van der Waals surface area contributed by atoms with E-state index in [2.05, 4.69) is 22.3 Å². The van der Waals surface area contributed by atoms with Crippen LogP contribution < -0.4 is 4.87 Å². The Hall–Kier alpha value is -2.51. The van der Waals surface area contributed by atoms with Gasteiger partial charge in [-0.3, -0.25) is 14.5 Å². The average molecular weight is 368 g/mol. The summed E-state index contributed by atoms with van der Waals surface area (Å²) in [5.74, 6) is 0.770. The Kier molecular flexibility index (Phi) is 4.33. The maximum atomic E-state index is 12.3. The van der Waals surface area contributed by atoms with Crippen molar-refractivity contribution in [2.75, 3.05) is 0 Å². The van der Waals surface area contributed by atoms with E-state index >= 15 is 0 Å². The van der Waals surface area contributed by atoms with Crippen LogP contribution in [0.1, 0.15) is 11.4 Å². The summed E-state index contributed by atoms with van der Waals surface area (Å²) in [7, 11) is 0. The van der Waals surface area contributed by atoms with Crippen molar-refractivity contribution in [1.29, 1.82) is 0 Å². The molecule has 2 aromatic carbocycles. The molecule has 0 saturated carbocycles. The second-order valence-corrected chi connectivity index (χ2v) is 7.13. The van der Waals surface area contributed by atoms with Crippen LogP contribution in [0.15, 0.2) is 59.4 Å². The van der Waals surface area contributed by atoms with E-state index in [4.69, 9.17) is 12.2 Å². The first-order chi connectivity index (χ1) is 12.2. The first kappa shape index (κ1) is 16.0. The monoisotopic (exact) mass is 368 g/mol. The number of thiazole rings is 1.